The summed E-state index contributed by atoms with van der Waals surface area (Å²) in [5.74, 6) is 0.126. The summed E-state index contributed by atoms with van der Waals surface area (Å²) in [7, 11) is 0. The van der Waals surface area contributed by atoms with Crippen LogP contribution in [0, 0.1) is 0 Å². The van der Waals surface area contributed by atoms with Crippen LogP contribution in [0.4, 0.5) is 13.2 Å². The highest BCUT2D eigenvalue weighted by Gasteiger charge is 2.35. The molecule has 3 rings (SSSR count). The molecule has 0 aromatic heterocycles. The lowest BCUT2D eigenvalue weighted by Crippen LogP contribution is -2.09. The smallest absolute Gasteiger partial charge is 0.420 e. The van der Waals surface area contributed by atoms with E-state index in [9.17, 15) is 13.2 Å². The molecule has 2 nitrogen and oxygen atoms in total. The number of alkyl halides is 3. The maximum absolute atomic E-state index is 13.4. The summed E-state index contributed by atoms with van der Waals surface area (Å²) in [5, 5.41) is 0. The van der Waals surface area contributed by atoms with E-state index in [4.69, 9.17) is 32.7 Å². The molecule has 0 radical (unpaired) electrons. The second-order valence-electron chi connectivity index (χ2n) is 5.95. The Labute approximate surface area is 176 Å². The Kier molecular flexibility index (Phi) is 6.72. The van der Waals surface area contributed by atoms with E-state index in [-0.39, 0.29) is 22.6 Å². The topological polar surface area (TPSA) is 18.5 Å². The first-order chi connectivity index (χ1) is 13.8. The standard InChI is InChI=1S/C22H15Cl2F3O2/c23-21(24)12-13-28-20-11-10-18(14-19(20)22(25,26)27)29-17-8-6-16(7-9-17)15-4-2-1-3-5-15/h1-12,14H,13H2. The summed E-state index contributed by atoms with van der Waals surface area (Å²) < 4.78 is 50.8. The second kappa shape index (κ2) is 9.25. The number of halogens is 5. The van der Waals surface area contributed by atoms with Crippen molar-refractivity contribution in [2.75, 3.05) is 6.61 Å². The first-order valence-electron chi connectivity index (χ1n) is 8.51. The first-order valence-corrected chi connectivity index (χ1v) is 9.27. The summed E-state index contributed by atoms with van der Waals surface area (Å²) in [6.07, 6.45) is -3.36. The molecule has 0 heterocycles. The minimum absolute atomic E-state index is 0.0445. The maximum Gasteiger partial charge on any atom is 0.420 e. The highest BCUT2D eigenvalue weighted by atomic mass is 35.5. The Hall–Kier alpha value is -2.63. The van der Waals surface area contributed by atoms with Gasteiger partial charge < -0.3 is 9.47 Å². The predicted molar refractivity (Wildman–Crippen MR) is 109 cm³/mol. The van der Waals surface area contributed by atoms with E-state index in [0.717, 1.165) is 17.2 Å². The highest BCUT2D eigenvalue weighted by molar-refractivity contribution is 6.55. The van der Waals surface area contributed by atoms with Gasteiger partial charge in [0.15, 0.2) is 0 Å². The molecule has 0 amide bonds. The molecule has 0 aliphatic rings. The third kappa shape index (κ3) is 5.92. The van der Waals surface area contributed by atoms with E-state index in [1.807, 2.05) is 42.5 Å². The van der Waals surface area contributed by atoms with Gasteiger partial charge in [0.1, 0.15) is 33.9 Å². The molecule has 0 atom stereocenters. The van der Waals surface area contributed by atoms with Crippen LogP contribution in [0.3, 0.4) is 0 Å². The summed E-state index contributed by atoms with van der Waals surface area (Å²) in [6.45, 7) is -0.188. The van der Waals surface area contributed by atoms with Crippen molar-refractivity contribution in [3.8, 4) is 28.4 Å². The van der Waals surface area contributed by atoms with E-state index in [1.54, 1.807) is 12.1 Å². The van der Waals surface area contributed by atoms with Crippen LogP contribution in [0.1, 0.15) is 5.56 Å². The molecular formula is C22H15Cl2F3O2. The van der Waals surface area contributed by atoms with Gasteiger partial charge in [-0.05, 0) is 47.5 Å². The van der Waals surface area contributed by atoms with Gasteiger partial charge in [-0.3, -0.25) is 0 Å². The first kappa shape index (κ1) is 21.1. The third-order valence-electron chi connectivity index (χ3n) is 3.93. The van der Waals surface area contributed by atoms with Gasteiger partial charge in [-0.2, -0.15) is 13.2 Å². The Morgan fingerprint density at radius 1 is 0.828 bits per heavy atom. The Bertz CT molecular complexity index is 981. The minimum atomic E-state index is -4.61. The van der Waals surface area contributed by atoms with Gasteiger partial charge in [0.05, 0.1) is 0 Å². The monoisotopic (exact) mass is 438 g/mol. The van der Waals surface area contributed by atoms with Crippen molar-refractivity contribution >= 4 is 23.2 Å². The molecule has 0 aliphatic heterocycles. The number of hydrogen-bond acceptors (Lipinski definition) is 2. The Morgan fingerprint density at radius 3 is 2.07 bits per heavy atom. The molecule has 0 unspecified atom stereocenters. The fraction of sp³-hybridized carbons (Fsp3) is 0.0909. The highest BCUT2D eigenvalue weighted by Crippen LogP contribution is 2.39. The molecule has 29 heavy (non-hydrogen) atoms. The van der Waals surface area contributed by atoms with Crippen LogP contribution < -0.4 is 9.47 Å². The summed E-state index contributed by atoms with van der Waals surface area (Å²) in [6, 6.07) is 20.3. The van der Waals surface area contributed by atoms with Crippen LogP contribution in [-0.2, 0) is 6.18 Å². The minimum Gasteiger partial charge on any atom is -0.489 e. The van der Waals surface area contributed by atoms with Gasteiger partial charge >= 0.3 is 6.18 Å². The lowest BCUT2D eigenvalue weighted by Gasteiger charge is -2.15. The van der Waals surface area contributed by atoms with Crippen molar-refractivity contribution in [3.05, 3.63) is 88.9 Å². The average molecular weight is 439 g/mol. The van der Waals surface area contributed by atoms with Crippen molar-refractivity contribution < 1.29 is 22.6 Å². The SMILES string of the molecule is FC(F)(F)c1cc(Oc2ccc(-c3ccccc3)cc2)ccc1OCC=C(Cl)Cl. The quantitative estimate of drug-likeness (QED) is 0.389. The average Bonchev–Trinajstić information content (AvgIpc) is 2.69. The number of ether oxygens (including phenoxy) is 2. The second-order valence-corrected chi connectivity index (χ2v) is 6.96. The van der Waals surface area contributed by atoms with Gasteiger partial charge in [-0.25, -0.2) is 0 Å². The molecular weight excluding hydrogens is 424 g/mol. The number of hydrogen-bond donors (Lipinski definition) is 0. The summed E-state index contributed by atoms with van der Waals surface area (Å²) in [5.41, 5.74) is 1.06. The van der Waals surface area contributed by atoms with Gasteiger partial charge in [0.2, 0.25) is 0 Å². The molecule has 3 aromatic rings. The fourth-order valence-electron chi connectivity index (χ4n) is 2.60. The molecule has 0 aliphatic carbocycles. The van der Waals surface area contributed by atoms with Gasteiger partial charge in [-0.15, -0.1) is 0 Å². The molecule has 0 bridgehead atoms. The van der Waals surface area contributed by atoms with Crippen LogP contribution in [0.15, 0.2) is 83.4 Å². The summed E-state index contributed by atoms with van der Waals surface area (Å²) in [4.78, 5) is 0. The third-order valence-corrected chi connectivity index (χ3v) is 4.24. The van der Waals surface area contributed by atoms with Crippen LogP contribution in [0.5, 0.6) is 17.2 Å². The van der Waals surface area contributed by atoms with E-state index in [2.05, 4.69) is 0 Å². The zero-order chi connectivity index (χ0) is 20.9. The van der Waals surface area contributed by atoms with Crippen LogP contribution in [0.25, 0.3) is 11.1 Å². The summed E-state index contributed by atoms with van der Waals surface area (Å²) >= 11 is 10.9. The van der Waals surface area contributed by atoms with Crippen molar-refractivity contribution in [2.24, 2.45) is 0 Å². The fourth-order valence-corrected chi connectivity index (χ4v) is 2.72. The lowest BCUT2D eigenvalue weighted by atomic mass is 10.1. The van der Waals surface area contributed by atoms with E-state index in [1.165, 1.54) is 18.2 Å². The molecule has 0 fully saturated rings. The maximum atomic E-state index is 13.4. The normalized spacial score (nSPS) is 11.1. The zero-order valence-corrected chi connectivity index (χ0v) is 16.4. The largest absolute Gasteiger partial charge is 0.489 e. The van der Waals surface area contributed by atoms with Gasteiger partial charge in [0.25, 0.3) is 0 Å². The molecule has 0 spiro atoms. The predicted octanol–water partition coefficient (Wildman–Crippen LogP) is 7.86. The molecule has 0 saturated carbocycles. The molecule has 0 saturated heterocycles. The molecule has 3 aromatic carbocycles. The van der Waals surface area contributed by atoms with Gasteiger partial charge in [-0.1, -0.05) is 65.7 Å². The lowest BCUT2D eigenvalue weighted by molar-refractivity contribution is -0.138. The van der Waals surface area contributed by atoms with Crippen LogP contribution >= 0.6 is 23.2 Å². The van der Waals surface area contributed by atoms with E-state index < -0.39 is 11.7 Å². The van der Waals surface area contributed by atoms with Crippen LogP contribution in [0.2, 0.25) is 0 Å². The van der Waals surface area contributed by atoms with E-state index >= 15 is 0 Å². The van der Waals surface area contributed by atoms with Crippen molar-refractivity contribution in [3.63, 3.8) is 0 Å². The number of rotatable bonds is 6. The van der Waals surface area contributed by atoms with Crippen molar-refractivity contribution in [2.45, 2.75) is 6.18 Å². The van der Waals surface area contributed by atoms with Crippen LogP contribution in [-0.4, -0.2) is 6.61 Å². The Balaban J connectivity index is 1.79. The van der Waals surface area contributed by atoms with Crippen molar-refractivity contribution in [1.29, 1.82) is 0 Å². The number of benzene rings is 3. The molecule has 0 N–H and O–H groups in total. The van der Waals surface area contributed by atoms with Crippen molar-refractivity contribution in [1.82, 2.24) is 0 Å². The van der Waals surface area contributed by atoms with E-state index in [0.29, 0.717) is 5.75 Å². The Morgan fingerprint density at radius 2 is 1.45 bits per heavy atom. The molecule has 150 valence electrons. The van der Waals surface area contributed by atoms with Gasteiger partial charge in [0, 0.05) is 0 Å². The molecule has 7 heteroatoms. The zero-order valence-electron chi connectivity index (χ0n) is 14.9.